The molecule has 2 heterocycles. The van der Waals surface area contributed by atoms with Crippen molar-refractivity contribution >= 4 is 22.4 Å². The topological polar surface area (TPSA) is 80.5 Å². The molecule has 0 fully saturated rings. The molecule has 0 bridgehead atoms. The second kappa shape index (κ2) is 3.90. The minimum Gasteiger partial charge on any atom is -0.342 e. The molecule has 3 N–H and O–H groups in total. The SMILES string of the molecule is Cc1nc2ccc(-c3nnc(CN)s3)cc2[nH]1. The van der Waals surface area contributed by atoms with Gasteiger partial charge in [0, 0.05) is 12.1 Å². The van der Waals surface area contributed by atoms with Crippen molar-refractivity contribution in [3.8, 4) is 10.6 Å². The highest BCUT2D eigenvalue weighted by molar-refractivity contribution is 7.14. The zero-order valence-electron chi connectivity index (χ0n) is 9.27. The van der Waals surface area contributed by atoms with E-state index in [-0.39, 0.29) is 0 Å². The Kier molecular flexibility index (Phi) is 2.38. The normalized spacial score (nSPS) is 11.2. The smallest absolute Gasteiger partial charge is 0.147 e. The number of rotatable bonds is 2. The second-order valence-electron chi connectivity index (χ2n) is 3.76. The Morgan fingerprint density at radius 2 is 2.24 bits per heavy atom. The number of aryl methyl sites for hydroxylation is 1. The minimum atomic E-state index is 0.434. The van der Waals surface area contributed by atoms with E-state index in [0.717, 1.165) is 32.4 Å². The van der Waals surface area contributed by atoms with E-state index in [9.17, 15) is 0 Å². The molecular formula is C11H11N5S. The zero-order chi connectivity index (χ0) is 11.8. The van der Waals surface area contributed by atoms with E-state index in [4.69, 9.17) is 5.73 Å². The molecule has 0 aliphatic heterocycles. The fourth-order valence-electron chi connectivity index (χ4n) is 1.72. The van der Waals surface area contributed by atoms with Crippen molar-refractivity contribution in [2.45, 2.75) is 13.5 Å². The van der Waals surface area contributed by atoms with Crippen LogP contribution in [0.5, 0.6) is 0 Å². The molecule has 0 unspecified atom stereocenters. The highest BCUT2D eigenvalue weighted by atomic mass is 32.1. The Morgan fingerprint density at radius 1 is 1.35 bits per heavy atom. The predicted octanol–water partition coefficient (Wildman–Crippen LogP) is 1.85. The Bertz CT molecular complexity index is 669. The summed E-state index contributed by atoms with van der Waals surface area (Å²) in [5.74, 6) is 0.914. The summed E-state index contributed by atoms with van der Waals surface area (Å²) in [6.07, 6.45) is 0. The maximum absolute atomic E-state index is 5.53. The molecule has 0 aliphatic carbocycles. The fourth-order valence-corrected chi connectivity index (χ4v) is 2.44. The number of benzene rings is 1. The van der Waals surface area contributed by atoms with Crippen LogP contribution in [0.2, 0.25) is 0 Å². The maximum atomic E-state index is 5.53. The van der Waals surface area contributed by atoms with Crippen LogP contribution in [0.3, 0.4) is 0 Å². The Hall–Kier alpha value is -1.79. The van der Waals surface area contributed by atoms with Gasteiger partial charge < -0.3 is 10.7 Å². The summed E-state index contributed by atoms with van der Waals surface area (Å²) < 4.78 is 0. The Balaban J connectivity index is 2.10. The second-order valence-corrected chi connectivity index (χ2v) is 4.82. The van der Waals surface area contributed by atoms with Gasteiger partial charge in [-0.05, 0) is 25.1 Å². The van der Waals surface area contributed by atoms with Crippen LogP contribution < -0.4 is 5.73 Å². The third kappa shape index (κ3) is 1.81. The Labute approximate surface area is 102 Å². The van der Waals surface area contributed by atoms with Gasteiger partial charge in [-0.25, -0.2) is 4.98 Å². The summed E-state index contributed by atoms with van der Waals surface area (Å²) in [6.45, 7) is 2.38. The first kappa shape index (κ1) is 10.4. The van der Waals surface area contributed by atoms with Gasteiger partial charge >= 0.3 is 0 Å². The molecule has 3 aromatic rings. The summed E-state index contributed by atoms with van der Waals surface area (Å²) in [5, 5.41) is 9.88. The summed E-state index contributed by atoms with van der Waals surface area (Å²) >= 11 is 1.52. The van der Waals surface area contributed by atoms with Crippen LogP contribution >= 0.6 is 11.3 Å². The minimum absolute atomic E-state index is 0.434. The molecule has 0 spiro atoms. The van der Waals surface area contributed by atoms with Crippen molar-refractivity contribution in [2.24, 2.45) is 5.73 Å². The highest BCUT2D eigenvalue weighted by Gasteiger charge is 2.07. The van der Waals surface area contributed by atoms with Crippen molar-refractivity contribution in [1.29, 1.82) is 0 Å². The van der Waals surface area contributed by atoms with Crippen molar-refractivity contribution < 1.29 is 0 Å². The van der Waals surface area contributed by atoms with Gasteiger partial charge in [0.25, 0.3) is 0 Å². The van der Waals surface area contributed by atoms with Gasteiger partial charge in [-0.3, -0.25) is 0 Å². The van der Waals surface area contributed by atoms with Gasteiger partial charge in [0.2, 0.25) is 0 Å². The number of imidazole rings is 1. The standard InChI is InChI=1S/C11H11N5S/c1-6-13-8-3-2-7(4-9(8)14-6)11-16-15-10(5-12)17-11/h2-4H,5,12H2,1H3,(H,13,14). The van der Waals surface area contributed by atoms with Gasteiger partial charge in [-0.2, -0.15) is 0 Å². The largest absolute Gasteiger partial charge is 0.342 e. The van der Waals surface area contributed by atoms with E-state index in [2.05, 4.69) is 20.2 Å². The molecule has 17 heavy (non-hydrogen) atoms. The lowest BCUT2D eigenvalue weighted by atomic mass is 10.2. The summed E-state index contributed by atoms with van der Waals surface area (Å²) in [6, 6.07) is 6.03. The summed E-state index contributed by atoms with van der Waals surface area (Å²) in [7, 11) is 0. The molecular weight excluding hydrogens is 234 g/mol. The molecule has 86 valence electrons. The van der Waals surface area contributed by atoms with Crippen molar-refractivity contribution in [1.82, 2.24) is 20.2 Å². The number of nitrogens with zero attached hydrogens (tertiary/aromatic N) is 3. The number of hydrogen-bond acceptors (Lipinski definition) is 5. The molecule has 5 nitrogen and oxygen atoms in total. The first-order chi connectivity index (χ1) is 8.26. The number of H-pyrrole nitrogens is 1. The fraction of sp³-hybridized carbons (Fsp3) is 0.182. The maximum Gasteiger partial charge on any atom is 0.147 e. The van der Waals surface area contributed by atoms with Crippen LogP contribution in [0.15, 0.2) is 18.2 Å². The van der Waals surface area contributed by atoms with Crippen molar-refractivity contribution in [2.75, 3.05) is 0 Å². The molecule has 3 rings (SSSR count). The number of nitrogens with one attached hydrogen (secondary N) is 1. The number of nitrogens with two attached hydrogens (primary N) is 1. The highest BCUT2D eigenvalue weighted by Crippen LogP contribution is 2.25. The van der Waals surface area contributed by atoms with Gasteiger partial charge in [0.15, 0.2) is 0 Å². The van der Waals surface area contributed by atoms with E-state index in [1.54, 1.807) is 0 Å². The van der Waals surface area contributed by atoms with Gasteiger partial charge in [-0.15, -0.1) is 10.2 Å². The quantitative estimate of drug-likeness (QED) is 0.722. The van der Waals surface area contributed by atoms with E-state index >= 15 is 0 Å². The van der Waals surface area contributed by atoms with E-state index in [1.807, 2.05) is 25.1 Å². The molecule has 0 aliphatic rings. The van der Waals surface area contributed by atoms with E-state index in [0.29, 0.717) is 6.54 Å². The number of hydrogen-bond donors (Lipinski definition) is 2. The summed E-state index contributed by atoms with van der Waals surface area (Å²) in [5.41, 5.74) is 8.55. The lowest BCUT2D eigenvalue weighted by molar-refractivity contribution is 0.960. The monoisotopic (exact) mass is 245 g/mol. The number of aromatic amines is 1. The molecule has 1 aromatic carbocycles. The van der Waals surface area contributed by atoms with Crippen molar-refractivity contribution in [3.63, 3.8) is 0 Å². The molecule has 0 radical (unpaired) electrons. The van der Waals surface area contributed by atoms with Crippen LogP contribution in [0.4, 0.5) is 0 Å². The number of fused-ring (bicyclic) bond motifs is 1. The van der Waals surface area contributed by atoms with Crippen LogP contribution in [0.1, 0.15) is 10.8 Å². The first-order valence-corrected chi connectivity index (χ1v) is 6.07. The third-order valence-electron chi connectivity index (χ3n) is 2.49. The first-order valence-electron chi connectivity index (χ1n) is 5.25. The lowest BCUT2D eigenvalue weighted by Crippen LogP contribution is -1.94. The molecule has 0 saturated heterocycles. The van der Waals surface area contributed by atoms with Crippen molar-refractivity contribution in [3.05, 3.63) is 29.0 Å². The zero-order valence-corrected chi connectivity index (χ0v) is 10.1. The number of aromatic nitrogens is 4. The van der Waals surface area contributed by atoms with E-state index < -0.39 is 0 Å². The van der Waals surface area contributed by atoms with Crippen LogP contribution in [0, 0.1) is 6.92 Å². The predicted molar refractivity (Wildman–Crippen MR) is 67.6 cm³/mol. The van der Waals surface area contributed by atoms with Gasteiger partial charge in [-0.1, -0.05) is 11.3 Å². The molecule has 0 atom stereocenters. The van der Waals surface area contributed by atoms with Gasteiger partial charge in [0.05, 0.1) is 11.0 Å². The van der Waals surface area contributed by atoms with Crippen LogP contribution in [-0.2, 0) is 6.54 Å². The summed E-state index contributed by atoms with van der Waals surface area (Å²) in [4.78, 5) is 7.57. The molecule has 6 heteroatoms. The van der Waals surface area contributed by atoms with E-state index in [1.165, 1.54) is 11.3 Å². The third-order valence-corrected chi connectivity index (χ3v) is 3.48. The average molecular weight is 245 g/mol. The van der Waals surface area contributed by atoms with Gasteiger partial charge in [0.1, 0.15) is 15.8 Å². The van der Waals surface area contributed by atoms with Crippen LogP contribution in [0.25, 0.3) is 21.6 Å². The van der Waals surface area contributed by atoms with Crippen LogP contribution in [-0.4, -0.2) is 20.2 Å². The Morgan fingerprint density at radius 3 is 3.00 bits per heavy atom. The lowest BCUT2D eigenvalue weighted by Gasteiger charge is -1.94. The molecule has 2 aromatic heterocycles. The molecule has 0 saturated carbocycles. The average Bonchev–Trinajstić information content (AvgIpc) is 2.92. The molecule has 0 amide bonds.